The van der Waals surface area contributed by atoms with Crippen LogP contribution in [0.4, 0.5) is 0 Å². The van der Waals surface area contributed by atoms with Crippen molar-refractivity contribution in [2.45, 2.75) is 210 Å². The fourth-order valence-corrected chi connectivity index (χ4v) is 8.89. The van der Waals surface area contributed by atoms with Crippen LogP contribution in [-0.4, -0.2) is 205 Å². The fraction of sp³-hybridized carbons (Fsp3) is 0.761. The number of halogens is 3. The van der Waals surface area contributed by atoms with Crippen molar-refractivity contribution in [3.8, 4) is 0 Å². The second kappa shape index (κ2) is 29.9. The average Bonchev–Trinajstić information content (AvgIpc) is 3.37. The minimum absolute atomic E-state index is 0.823. The number of azide groups is 1. The number of carbonyl (C=O) groups excluding carboxylic acids is 10. The van der Waals surface area contributed by atoms with Gasteiger partial charge < -0.3 is 85.3 Å². The van der Waals surface area contributed by atoms with Gasteiger partial charge in [0.1, 0.15) is 43.7 Å². The van der Waals surface area contributed by atoms with E-state index in [0.29, 0.717) is 0 Å². The van der Waals surface area contributed by atoms with Gasteiger partial charge in [-0.15, -0.1) is 0 Å². The summed E-state index contributed by atoms with van der Waals surface area (Å²) < 4.78 is 103. The minimum atomic E-state index is -2.65. The van der Waals surface area contributed by atoms with Gasteiger partial charge in [0, 0.05) is 74.1 Å². The highest BCUT2D eigenvalue weighted by Crippen LogP contribution is 2.41. The first kappa shape index (κ1) is 67.6. The molecule has 0 aromatic carbocycles. The molecule has 0 saturated carbocycles. The predicted molar refractivity (Wildman–Crippen MR) is 260 cm³/mol. The van der Waals surface area contributed by atoms with Gasteiger partial charge in [-0.2, -0.15) is 0 Å². The zero-order valence-corrected chi connectivity index (χ0v) is 47.6. The van der Waals surface area contributed by atoms with Gasteiger partial charge in [-0.3, -0.25) is 53.4 Å². The summed E-state index contributed by atoms with van der Waals surface area (Å²) in [6.45, 7) is 10.7. The first-order valence-corrected chi connectivity index (χ1v) is 25.4. The molecule has 4 aliphatic heterocycles. The monoisotopic (exact) mass is 1220 g/mol. The summed E-state index contributed by atoms with van der Waals surface area (Å²) in [6, 6.07) is -2.06. The van der Waals surface area contributed by atoms with Gasteiger partial charge in [0.25, 0.3) is 3.79 Å². The quantitative estimate of drug-likeness (QED) is 0.0265. The van der Waals surface area contributed by atoms with E-state index < -0.39 is 205 Å². The smallest absolute Gasteiger partial charge is 0.303 e. The molecule has 0 spiro atoms. The Labute approximate surface area is 476 Å². The molecule has 4 heterocycles. The molecular formula is C46H61Cl3N4O28. The normalized spacial score (nSPS) is 33.7. The third kappa shape index (κ3) is 19.3. The molecular weight excluding hydrogens is 1160 g/mol. The maximum Gasteiger partial charge on any atom is 0.303 e. The van der Waals surface area contributed by atoms with Crippen LogP contribution >= 0.6 is 34.8 Å². The molecule has 32 nitrogen and oxygen atoms in total. The molecule has 0 radical (unpaired) electrons. The Bertz CT molecular complexity index is 2390. The molecule has 1 N–H and O–H groups in total. The lowest BCUT2D eigenvalue weighted by Gasteiger charge is -2.51. The standard InChI is InChI=1S/C46H61Cl3N4O28/c1-15-30(68-19(5)56)35(71-22(8)59)38(74-25(11)62)42(66-15)79-34-29(52-53-51)41(81-45(50)46(47,48)49)76-27(13-64-17(3)54)32(34)78-44-40(37(73-24(10)61)33(70-21(7)58)28(77-44)14-65-18(4)55)80-43-39(75-26(12)63)36(72-23(9)60)31(16(2)67-43)69-20(6)57/h15-16,27-44,50H,13-14H2,1-12H3/t15?,16?,27?,28?,29?,30-,31+,32-,33+,34-,35?,36+,37+,38-,39?,40?,41+,42+,43?,44+/m1/s1. The van der Waals surface area contributed by atoms with Gasteiger partial charge in [0.2, 0.25) is 12.2 Å². The molecule has 0 bridgehead atoms. The molecule has 4 saturated heterocycles. The molecule has 4 rings (SSSR count). The van der Waals surface area contributed by atoms with E-state index in [9.17, 15) is 53.5 Å². The van der Waals surface area contributed by atoms with Gasteiger partial charge in [0.05, 0.1) is 12.2 Å². The number of rotatable bonds is 20. The number of alkyl halides is 3. The zero-order chi connectivity index (χ0) is 61.0. The van der Waals surface area contributed by atoms with Gasteiger partial charge in [-0.1, -0.05) is 39.9 Å². The van der Waals surface area contributed by atoms with Crippen LogP contribution in [0.3, 0.4) is 0 Å². The van der Waals surface area contributed by atoms with Crippen molar-refractivity contribution in [2.24, 2.45) is 5.11 Å². The highest BCUT2D eigenvalue weighted by atomic mass is 35.6. The lowest BCUT2D eigenvalue weighted by Crippen LogP contribution is -2.69. The summed E-state index contributed by atoms with van der Waals surface area (Å²) in [4.78, 5) is 130. The molecule has 0 aliphatic carbocycles. The number of ether oxygens (including phenoxy) is 18. The number of esters is 10. The summed E-state index contributed by atoms with van der Waals surface area (Å²) in [5.74, 6) is -11.1. The average molecular weight is 1220 g/mol. The van der Waals surface area contributed by atoms with Crippen molar-refractivity contribution in [3.05, 3.63) is 10.4 Å². The molecule has 4 aliphatic rings. The largest absolute Gasteiger partial charge is 0.463 e. The molecule has 0 aromatic heterocycles. The number of hydrogen-bond donors (Lipinski definition) is 1. The van der Waals surface area contributed by atoms with Crippen LogP contribution in [-0.2, 0) is 133 Å². The van der Waals surface area contributed by atoms with Crippen molar-refractivity contribution in [2.75, 3.05) is 13.2 Å². The maximum atomic E-state index is 13.2. The van der Waals surface area contributed by atoms with E-state index in [1.165, 1.54) is 13.8 Å². The fourth-order valence-electron chi connectivity index (χ4n) is 8.76. The first-order chi connectivity index (χ1) is 37.7. The molecule has 9 unspecified atom stereocenters. The lowest BCUT2D eigenvalue weighted by atomic mass is 9.94. The van der Waals surface area contributed by atoms with Crippen molar-refractivity contribution in [3.63, 3.8) is 0 Å². The summed E-state index contributed by atoms with van der Waals surface area (Å²) in [5.41, 5.74) is 10.2. The Kier molecular flexibility index (Phi) is 24.9. The molecule has 0 amide bonds. The van der Waals surface area contributed by atoms with Gasteiger partial charge in [0.15, 0.2) is 73.8 Å². The third-order valence-corrected chi connectivity index (χ3v) is 12.0. The number of hydrogen-bond acceptors (Lipinski definition) is 30. The van der Waals surface area contributed by atoms with Crippen molar-refractivity contribution in [1.29, 1.82) is 5.41 Å². The number of carbonyl (C=O) groups is 10. The highest BCUT2D eigenvalue weighted by Gasteiger charge is 2.61. The highest BCUT2D eigenvalue weighted by molar-refractivity contribution is 6.76. The molecule has 0 aromatic rings. The molecule has 4 fully saturated rings. The Morgan fingerprint density at radius 1 is 0.420 bits per heavy atom. The zero-order valence-electron chi connectivity index (χ0n) is 45.4. The molecule has 35 heteroatoms. The Morgan fingerprint density at radius 3 is 1.10 bits per heavy atom. The Balaban J connectivity index is 2.11. The van der Waals surface area contributed by atoms with E-state index in [1.807, 2.05) is 0 Å². The first-order valence-electron chi connectivity index (χ1n) is 24.3. The summed E-state index contributed by atoms with van der Waals surface area (Å²) in [5, 5.41) is 12.3. The summed E-state index contributed by atoms with van der Waals surface area (Å²) in [6.07, 6.45) is -35.3. The van der Waals surface area contributed by atoms with Crippen LogP contribution in [0.15, 0.2) is 5.11 Å². The molecule has 81 heavy (non-hydrogen) atoms. The van der Waals surface area contributed by atoms with Crippen LogP contribution in [0, 0.1) is 5.41 Å². The Hall–Kier alpha value is -5.93. The van der Waals surface area contributed by atoms with E-state index in [-0.39, 0.29) is 0 Å². The summed E-state index contributed by atoms with van der Waals surface area (Å²) >= 11 is 18.0. The summed E-state index contributed by atoms with van der Waals surface area (Å²) in [7, 11) is 0. The Morgan fingerprint density at radius 2 is 0.728 bits per heavy atom. The van der Waals surface area contributed by atoms with Crippen molar-refractivity contribution in [1.82, 2.24) is 0 Å². The van der Waals surface area contributed by atoms with E-state index in [0.717, 1.165) is 69.2 Å². The maximum absolute atomic E-state index is 13.2. The van der Waals surface area contributed by atoms with Crippen LogP contribution in [0.5, 0.6) is 0 Å². The van der Waals surface area contributed by atoms with Crippen molar-refractivity contribution < 1.29 is 133 Å². The van der Waals surface area contributed by atoms with Crippen LogP contribution in [0.1, 0.15) is 83.1 Å². The van der Waals surface area contributed by atoms with E-state index in [2.05, 4.69) is 10.0 Å². The van der Waals surface area contributed by atoms with E-state index in [1.54, 1.807) is 0 Å². The minimum Gasteiger partial charge on any atom is -0.463 e. The second-order valence-electron chi connectivity index (χ2n) is 18.1. The van der Waals surface area contributed by atoms with Gasteiger partial charge in [-0.05, 0) is 19.4 Å². The topological polar surface area (TPSA) is 409 Å². The SMILES string of the molecule is CC(=O)OCC1O[C@@H](OC(=N)C(Cl)(Cl)Cl)C(N=[N+]=[N-])[C@@H](O[C@@H]2OC(C)[C@@H](OC(C)=O)C(OC(C)=O)[C@H]2OC(C)=O)[C@@H]1O[C@@H]1OC(COC(C)=O)[C@H](OC(C)=O)[C@H](OC(C)=O)C1OC1OC(C)[C@H](OC(C)=O)[C@H](OC(C)=O)C1OC(C)=O. The van der Waals surface area contributed by atoms with E-state index >= 15 is 0 Å². The van der Waals surface area contributed by atoms with Crippen molar-refractivity contribution >= 4 is 100 Å². The molecule has 20 atom stereocenters. The second-order valence-corrected chi connectivity index (χ2v) is 20.4. The molecule has 454 valence electrons. The predicted octanol–water partition coefficient (Wildman–Crippen LogP) is 1.70. The van der Waals surface area contributed by atoms with Gasteiger partial charge in [-0.25, -0.2) is 0 Å². The lowest BCUT2D eigenvalue weighted by molar-refractivity contribution is -0.390. The third-order valence-electron chi connectivity index (χ3n) is 11.5. The van der Waals surface area contributed by atoms with Crippen LogP contribution in [0.25, 0.3) is 10.4 Å². The van der Waals surface area contributed by atoms with Crippen LogP contribution < -0.4 is 0 Å². The van der Waals surface area contributed by atoms with Crippen LogP contribution in [0.2, 0.25) is 0 Å². The number of nitrogens with one attached hydrogen (secondary N) is 1. The van der Waals surface area contributed by atoms with Gasteiger partial charge >= 0.3 is 59.7 Å². The number of nitrogens with zero attached hydrogens (tertiary/aromatic N) is 3. The van der Waals surface area contributed by atoms with E-state index in [4.69, 9.17) is 125 Å².